The average Bonchev–Trinajstić information content (AvgIpc) is 2.59. The van der Waals surface area contributed by atoms with E-state index < -0.39 is 0 Å². The van der Waals surface area contributed by atoms with Crippen molar-refractivity contribution in [2.75, 3.05) is 19.6 Å². The molecular weight excluding hydrogens is 244 g/mol. The van der Waals surface area contributed by atoms with Crippen molar-refractivity contribution in [3.8, 4) is 0 Å². The first-order chi connectivity index (χ1) is 9.39. The van der Waals surface area contributed by atoms with Crippen molar-refractivity contribution >= 4 is 0 Å². The van der Waals surface area contributed by atoms with Gasteiger partial charge in [-0.25, -0.2) is 0 Å². The predicted octanol–water partition coefficient (Wildman–Crippen LogP) is 3.47. The number of nitrogens with one attached hydrogen (secondary N) is 1. The van der Waals surface area contributed by atoms with Crippen molar-refractivity contribution < 1.29 is 0 Å². The van der Waals surface area contributed by atoms with Crippen LogP contribution in [0, 0.1) is 0 Å². The van der Waals surface area contributed by atoms with Gasteiger partial charge in [0.2, 0.25) is 0 Å². The van der Waals surface area contributed by atoms with E-state index in [2.05, 4.69) is 68.2 Å². The second-order valence-corrected chi connectivity index (χ2v) is 7.38. The third kappa shape index (κ3) is 4.32. The zero-order valence-corrected chi connectivity index (χ0v) is 13.6. The van der Waals surface area contributed by atoms with Crippen LogP contribution < -0.4 is 5.32 Å². The number of nitrogens with zero attached hydrogens (tertiary/aromatic N) is 1. The molecule has 1 fully saturated rings. The lowest BCUT2D eigenvalue weighted by molar-refractivity contribution is 0.0943. The molecule has 1 aromatic rings. The van der Waals surface area contributed by atoms with Crippen molar-refractivity contribution in [3.05, 3.63) is 35.9 Å². The lowest BCUT2D eigenvalue weighted by Gasteiger charge is -2.41. The van der Waals surface area contributed by atoms with Gasteiger partial charge in [0.15, 0.2) is 0 Å². The van der Waals surface area contributed by atoms with E-state index in [4.69, 9.17) is 0 Å². The van der Waals surface area contributed by atoms with Gasteiger partial charge in [-0.15, -0.1) is 0 Å². The van der Waals surface area contributed by atoms with E-state index in [1.165, 1.54) is 24.9 Å². The number of hydrogen-bond acceptors (Lipinski definition) is 2. The number of rotatable bonds is 4. The zero-order valence-electron chi connectivity index (χ0n) is 13.6. The summed E-state index contributed by atoms with van der Waals surface area (Å²) in [4.78, 5) is 2.68. The van der Waals surface area contributed by atoms with Crippen molar-refractivity contribution in [1.82, 2.24) is 10.2 Å². The highest BCUT2D eigenvalue weighted by Gasteiger charge is 2.32. The van der Waals surface area contributed by atoms with Gasteiger partial charge in [-0.2, -0.15) is 0 Å². The molecule has 1 saturated heterocycles. The maximum absolute atomic E-state index is 3.66. The molecule has 1 aromatic carbocycles. The van der Waals surface area contributed by atoms with Crippen molar-refractivity contribution in [1.29, 1.82) is 0 Å². The Balaban J connectivity index is 1.97. The monoisotopic (exact) mass is 274 g/mol. The molecule has 0 unspecified atom stereocenters. The van der Waals surface area contributed by atoms with Gasteiger partial charge in [-0.05, 0) is 65.6 Å². The maximum atomic E-state index is 3.66. The van der Waals surface area contributed by atoms with Crippen LogP contribution in [0.25, 0.3) is 0 Å². The Morgan fingerprint density at radius 2 is 1.90 bits per heavy atom. The summed E-state index contributed by atoms with van der Waals surface area (Å²) in [7, 11) is 0. The van der Waals surface area contributed by atoms with Gasteiger partial charge in [-0.1, -0.05) is 30.3 Å². The molecule has 0 atom stereocenters. The highest BCUT2D eigenvalue weighted by molar-refractivity contribution is 5.15. The fraction of sp³-hybridized carbons (Fsp3) is 0.667. The number of hydrogen-bond donors (Lipinski definition) is 1. The first-order valence-corrected chi connectivity index (χ1v) is 7.93. The van der Waals surface area contributed by atoms with Crippen LogP contribution in [0.15, 0.2) is 30.3 Å². The number of benzene rings is 1. The number of aryl methyl sites for hydroxylation is 1. The molecule has 0 bridgehead atoms. The minimum atomic E-state index is 0.223. The topological polar surface area (TPSA) is 15.3 Å². The molecule has 2 nitrogen and oxygen atoms in total. The zero-order chi connectivity index (χ0) is 14.6. The average molecular weight is 274 g/mol. The van der Waals surface area contributed by atoms with Crippen LogP contribution in [-0.4, -0.2) is 35.6 Å². The van der Waals surface area contributed by atoms with E-state index in [1.54, 1.807) is 0 Å². The molecule has 0 aliphatic carbocycles. The molecule has 20 heavy (non-hydrogen) atoms. The van der Waals surface area contributed by atoms with Crippen LogP contribution in [0.3, 0.4) is 0 Å². The van der Waals surface area contributed by atoms with Crippen molar-refractivity contribution in [2.45, 2.75) is 58.0 Å². The predicted molar refractivity (Wildman–Crippen MR) is 87.1 cm³/mol. The quantitative estimate of drug-likeness (QED) is 0.904. The third-order valence-corrected chi connectivity index (χ3v) is 4.52. The molecule has 1 N–H and O–H groups in total. The minimum absolute atomic E-state index is 0.223. The van der Waals surface area contributed by atoms with Crippen LogP contribution in [0.5, 0.6) is 0 Å². The van der Waals surface area contributed by atoms with E-state index >= 15 is 0 Å². The summed E-state index contributed by atoms with van der Waals surface area (Å²) in [6, 6.07) is 10.9. The molecule has 0 spiro atoms. The SMILES string of the molecule is CC1(C)CN(C(C)(C)CCc2ccccc2)CCCN1. The Bertz CT molecular complexity index is 409. The van der Waals surface area contributed by atoms with Gasteiger partial charge in [0.05, 0.1) is 0 Å². The third-order valence-electron chi connectivity index (χ3n) is 4.52. The lowest BCUT2D eigenvalue weighted by atomic mass is 9.91. The Labute approximate surface area is 124 Å². The Kier molecular flexibility index (Phi) is 4.87. The summed E-state index contributed by atoms with van der Waals surface area (Å²) < 4.78 is 0. The van der Waals surface area contributed by atoms with Crippen LogP contribution >= 0.6 is 0 Å². The van der Waals surface area contributed by atoms with Crippen LogP contribution in [0.4, 0.5) is 0 Å². The summed E-state index contributed by atoms with van der Waals surface area (Å²) >= 11 is 0. The molecule has 112 valence electrons. The van der Waals surface area contributed by atoms with Gasteiger partial charge in [0.1, 0.15) is 0 Å². The molecule has 0 saturated carbocycles. The van der Waals surface area contributed by atoms with Crippen LogP contribution in [-0.2, 0) is 6.42 Å². The van der Waals surface area contributed by atoms with E-state index in [0.717, 1.165) is 19.5 Å². The van der Waals surface area contributed by atoms with E-state index in [9.17, 15) is 0 Å². The van der Waals surface area contributed by atoms with Crippen molar-refractivity contribution in [2.24, 2.45) is 0 Å². The van der Waals surface area contributed by atoms with Gasteiger partial charge >= 0.3 is 0 Å². The normalized spacial score (nSPS) is 20.6. The van der Waals surface area contributed by atoms with Gasteiger partial charge in [0, 0.05) is 17.6 Å². The fourth-order valence-corrected chi connectivity index (χ4v) is 3.08. The largest absolute Gasteiger partial charge is 0.310 e. The Morgan fingerprint density at radius 3 is 2.60 bits per heavy atom. The van der Waals surface area contributed by atoms with Crippen LogP contribution in [0.2, 0.25) is 0 Å². The van der Waals surface area contributed by atoms with Gasteiger partial charge < -0.3 is 5.32 Å². The standard InChI is InChI=1S/C18H30N2/c1-17(2)15-20(14-8-13-19-17)18(3,4)12-11-16-9-6-5-7-10-16/h5-7,9-10,19H,8,11-15H2,1-4H3. The van der Waals surface area contributed by atoms with E-state index in [-0.39, 0.29) is 11.1 Å². The summed E-state index contributed by atoms with van der Waals surface area (Å²) in [6.07, 6.45) is 3.63. The highest BCUT2D eigenvalue weighted by Crippen LogP contribution is 2.25. The smallest absolute Gasteiger partial charge is 0.0252 e. The Hall–Kier alpha value is -0.860. The molecule has 1 heterocycles. The molecule has 0 aromatic heterocycles. The molecule has 2 heteroatoms. The Morgan fingerprint density at radius 1 is 1.20 bits per heavy atom. The molecule has 1 aliphatic heterocycles. The molecule has 0 radical (unpaired) electrons. The highest BCUT2D eigenvalue weighted by atomic mass is 15.2. The summed E-state index contributed by atoms with van der Waals surface area (Å²) in [5.41, 5.74) is 1.94. The first kappa shape index (κ1) is 15.5. The second-order valence-electron chi connectivity index (χ2n) is 7.38. The van der Waals surface area contributed by atoms with Crippen LogP contribution in [0.1, 0.15) is 46.1 Å². The fourth-order valence-electron chi connectivity index (χ4n) is 3.08. The van der Waals surface area contributed by atoms with E-state index in [0.29, 0.717) is 0 Å². The molecule has 2 rings (SSSR count). The summed E-state index contributed by atoms with van der Waals surface area (Å²) in [5.74, 6) is 0. The maximum Gasteiger partial charge on any atom is 0.0252 e. The minimum Gasteiger partial charge on any atom is -0.310 e. The molecule has 1 aliphatic rings. The molecular formula is C18H30N2. The molecule has 0 amide bonds. The van der Waals surface area contributed by atoms with E-state index in [1.807, 2.05) is 0 Å². The second kappa shape index (κ2) is 6.28. The first-order valence-electron chi connectivity index (χ1n) is 7.93. The van der Waals surface area contributed by atoms with Gasteiger partial charge in [0.25, 0.3) is 0 Å². The lowest BCUT2D eigenvalue weighted by Crippen LogP contribution is -2.53. The van der Waals surface area contributed by atoms with Crippen molar-refractivity contribution in [3.63, 3.8) is 0 Å². The summed E-state index contributed by atoms with van der Waals surface area (Å²) in [5, 5.41) is 3.66. The van der Waals surface area contributed by atoms with Gasteiger partial charge in [-0.3, -0.25) is 4.90 Å². The summed E-state index contributed by atoms with van der Waals surface area (Å²) in [6.45, 7) is 12.9.